The first kappa shape index (κ1) is 23.8. The largest absolute Gasteiger partial charge is 0.481 e. The van der Waals surface area contributed by atoms with Crippen LogP contribution in [0.2, 0.25) is 0 Å². The molecule has 180 valence electrons. The number of carboxylic acids is 1. The van der Waals surface area contributed by atoms with E-state index in [4.69, 9.17) is 4.74 Å². The number of ether oxygens (including phenoxy) is 1. The molecule has 0 spiro atoms. The molecule has 4 rings (SSSR count). The maximum atomic E-state index is 12.8. The van der Waals surface area contributed by atoms with Crippen LogP contribution in [-0.4, -0.2) is 53.7 Å². The normalized spacial score (nSPS) is 20.1. The minimum Gasteiger partial charge on any atom is -0.481 e. The van der Waals surface area contributed by atoms with E-state index in [9.17, 15) is 19.5 Å². The fraction of sp³-hybridized carbons (Fsp3) is 0.444. The van der Waals surface area contributed by atoms with E-state index in [1.54, 1.807) is 11.8 Å². The smallest absolute Gasteiger partial charge is 0.407 e. The molecule has 2 aromatic rings. The molecule has 2 N–H and O–H groups in total. The third kappa shape index (κ3) is 4.39. The zero-order valence-electron chi connectivity index (χ0n) is 19.9. The molecule has 0 bridgehead atoms. The Morgan fingerprint density at radius 1 is 1.06 bits per heavy atom. The van der Waals surface area contributed by atoms with Crippen molar-refractivity contribution in [2.45, 2.75) is 45.6 Å². The lowest BCUT2D eigenvalue weighted by Gasteiger charge is -2.29. The number of alkyl carbamates (subject to hydrolysis) is 1. The Bertz CT molecular complexity index is 1050. The van der Waals surface area contributed by atoms with E-state index in [1.165, 1.54) is 0 Å². The molecular weight excluding hydrogens is 432 g/mol. The van der Waals surface area contributed by atoms with Gasteiger partial charge in [0.05, 0.1) is 5.41 Å². The molecule has 7 heteroatoms. The lowest BCUT2D eigenvalue weighted by molar-refractivity contribution is -0.151. The number of carboxylic acid groups (broad SMARTS) is 1. The molecule has 0 saturated carbocycles. The predicted molar refractivity (Wildman–Crippen MR) is 128 cm³/mol. The van der Waals surface area contributed by atoms with Crippen LogP contribution in [0.5, 0.6) is 0 Å². The number of fused-ring (bicyclic) bond motifs is 3. The molecule has 34 heavy (non-hydrogen) atoms. The van der Waals surface area contributed by atoms with Crippen molar-refractivity contribution in [3.05, 3.63) is 59.7 Å². The second kappa shape index (κ2) is 9.49. The summed E-state index contributed by atoms with van der Waals surface area (Å²) in [4.78, 5) is 38.7. The monoisotopic (exact) mass is 464 g/mol. The molecule has 1 aliphatic carbocycles. The summed E-state index contributed by atoms with van der Waals surface area (Å²) < 4.78 is 5.56. The number of hydrogen-bond donors (Lipinski definition) is 2. The molecule has 1 aliphatic heterocycles. The average molecular weight is 465 g/mol. The SMILES string of the molecule is CC(CC(=O)N1CCC(C(=O)O)(C(C)C)C1)NC(=O)OCC1c2ccccc2-c2ccccc21. The standard InChI is InChI=1S/C27H32N2O5/c1-17(2)27(25(31)32)12-13-29(16-27)24(30)14-18(3)28-26(33)34-15-23-21-10-6-4-8-19(21)20-9-5-7-11-22(20)23/h4-11,17-18,23H,12-16H2,1-3H3,(H,28,33)(H,31,32). The number of likely N-dealkylation sites (tertiary alicyclic amines) is 1. The minimum absolute atomic E-state index is 0.0279. The van der Waals surface area contributed by atoms with Crippen molar-refractivity contribution >= 4 is 18.0 Å². The Hall–Kier alpha value is -3.35. The lowest BCUT2D eigenvalue weighted by Crippen LogP contribution is -2.42. The Kier molecular flexibility index (Phi) is 6.64. The molecule has 2 aliphatic rings. The van der Waals surface area contributed by atoms with Crippen LogP contribution >= 0.6 is 0 Å². The second-order valence-electron chi connectivity index (χ2n) is 9.76. The molecule has 1 heterocycles. The van der Waals surface area contributed by atoms with Gasteiger partial charge in [0.2, 0.25) is 5.91 Å². The molecule has 2 aromatic carbocycles. The Morgan fingerprint density at radius 2 is 1.65 bits per heavy atom. The van der Waals surface area contributed by atoms with Gasteiger partial charge in [-0.15, -0.1) is 0 Å². The highest BCUT2D eigenvalue weighted by Crippen LogP contribution is 2.44. The van der Waals surface area contributed by atoms with E-state index in [2.05, 4.69) is 29.6 Å². The Labute approximate surface area is 200 Å². The average Bonchev–Trinajstić information content (AvgIpc) is 3.39. The number of nitrogens with zero attached hydrogens (tertiary/aromatic N) is 1. The van der Waals surface area contributed by atoms with Gasteiger partial charge in [0.1, 0.15) is 6.61 Å². The van der Waals surface area contributed by atoms with Crippen molar-refractivity contribution in [3.8, 4) is 11.1 Å². The number of carbonyl (C=O) groups excluding carboxylic acids is 2. The van der Waals surface area contributed by atoms with Gasteiger partial charge in [0.25, 0.3) is 0 Å². The third-order valence-corrected chi connectivity index (χ3v) is 7.37. The van der Waals surface area contributed by atoms with Gasteiger partial charge in [-0.3, -0.25) is 9.59 Å². The van der Waals surface area contributed by atoms with Crippen molar-refractivity contribution in [1.29, 1.82) is 0 Å². The van der Waals surface area contributed by atoms with Gasteiger partial charge in [0, 0.05) is 31.5 Å². The first-order chi connectivity index (χ1) is 16.2. The van der Waals surface area contributed by atoms with Crippen LogP contribution in [0.3, 0.4) is 0 Å². The summed E-state index contributed by atoms with van der Waals surface area (Å²) in [6.45, 7) is 6.34. The molecule has 1 fully saturated rings. The van der Waals surface area contributed by atoms with Crippen molar-refractivity contribution in [1.82, 2.24) is 10.2 Å². The minimum atomic E-state index is -0.904. The van der Waals surface area contributed by atoms with Gasteiger partial charge in [0.15, 0.2) is 0 Å². The maximum Gasteiger partial charge on any atom is 0.407 e. The summed E-state index contributed by atoms with van der Waals surface area (Å²) >= 11 is 0. The highest BCUT2D eigenvalue weighted by molar-refractivity contribution is 5.82. The van der Waals surface area contributed by atoms with Gasteiger partial charge >= 0.3 is 12.1 Å². The number of amides is 2. The quantitative estimate of drug-likeness (QED) is 0.638. The predicted octanol–water partition coefficient (Wildman–Crippen LogP) is 4.26. The molecule has 1 saturated heterocycles. The van der Waals surface area contributed by atoms with Gasteiger partial charge < -0.3 is 20.1 Å². The molecule has 2 amide bonds. The van der Waals surface area contributed by atoms with E-state index < -0.39 is 23.5 Å². The van der Waals surface area contributed by atoms with Gasteiger partial charge in [-0.25, -0.2) is 4.79 Å². The van der Waals surface area contributed by atoms with E-state index in [0.717, 1.165) is 22.3 Å². The molecular formula is C27H32N2O5. The van der Waals surface area contributed by atoms with Crippen molar-refractivity contribution in [3.63, 3.8) is 0 Å². The van der Waals surface area contributed by atoms with E-state index in [0.29, 0.717) is 13.0 Å². The van der Waals surface area contributed by atoms with Crippen LogP contribution in [-0.2, 0) is 14.3 Å². The number of aliphatic carboxylic acids is 1. The van der Waals surface area contributed by atoms with E-state index in [1.807, 2.05) is 38.1 Å². The molecule has 7 nitrogen and oxygen atoms in total. The fourth-order valence-corrected chi connectivity index (χ4v) is 5.22. The van der Waals surface area contributed by atoms with Crippen molar-refractivity contribution in [2.24, 2.45) is 11.3 Å². The summed E-state index contributed by atoms with van der Waals surface area (Å²) in [5, 5.41) is 12.4. The van der Waals surface area contributed by atoms with E-state index in [-0.39, 0.29) is 37.3 Å². The summed E-state index contributed by atoms with van der Waals surface area (Å²) in [6, 6.07) is 15.8. The van der Waals surface area contributed by atoms with Crippen LogP contribution in [0.15, 0.2) is 48.5 Å². The number of rotatable bonds is 7. The topological polar surface area (TPSA) is 95.9 Å². The van der Waals surface area contributed by atoms with Crippen molar-refractivity contribution < 1.29 is 24.2 Å². The summed E-state index contributed by atoms with van der Waals surface area (Å²) in [5.74, 6) is -1.11. The second-order valence-corrected chi connectivity index (χ2v) is 9.76. The number of hydrogen-bond acceptors (Lipinski definition) is 4. The molecule has 0 aromatic heterocycles. The molecule has 2 unspecified atom stereocenters. The number of carbonyl (C=O) groups is 3. The first-order valence-corrected chi connectivity index (χ1v) is 11.9. The summed E-state index contributed by atoms with van der Waals surface area (Å²) in [5.41, 5.74) is 3.70. The van der Waals surface area contributed by atoms with Gasteiger partial charge in [-0.1, -0.05) is 62.4 Å². The van der Waals surface area contributed by atoms with Crippen LogP contribution in [0, 0.1) is 11.3 Å². The molecule has 0 radical (unpaired) electrons. The van der Waals surface area contributed by atoms with Crippen LogP contribution in [0.4, 0.5) is 4.79 Å². The fourth-order valence-electron chi connectivity index (χ4n) is 5.22. The zero-order chi connectivity index (χ0) is 24.5. The summed E-state index contributed by atoms with van der Waals surface area (Å²) in [6.07, 6.45) is -0.0246. The Morgan fingerprint density at radius 3 is 2.18 bits per heavy atom. The van der Waals surface area contributed by atoms with Crippen molar-refractivity contribution in [2.75, 3.05) is 19.7 Å². The number of nitrogens with one attached hydrogen (secondary N) is 1. The Balaban J connectivity index is 1.31. The van der Waals surface area contributed by atoms with Crippen LogP contribution in [0.25, 0.3) is 11.1 Å². The highest BCUT2D eigenvalue weighted by Gasteiger charge is 2.48. The maximum absolute atomic E-state index is 12.8. The lowest BCUT2D eigenvalue weighted by atomic mass is 9.76. The number of benzene rings is 2. The third-order valence-electron chi connectivity index (χ3n) is 7.37. The van der Waals surface area contributed by atoms with E-state index >= 15 is 0 Å². The zero-order valence-corrected chi connectivity index (χ0v) is 19.9. The van der Waals surface area contributed by atoms with Crippen LogP contribution < -0.4 is 5.32 Å². The first-order valence-electron chi connectivity index (χ1n) is 11.9. The van der Waals surface area contributed by atoms with Gasteiger partial charge in [-0.2, -0.15) is 0 Å². The molecule has 2 atom stereocenters. The van der Waals surface area contributed by atoms with Crippen LogP contribution in [0.1, 0.15) is 50.7 Å². The van der Waals surface area contributed by atoms with Gasteiger partial charge in [-0.05, 0) is 41.5 Å². The highest BCUT2D eigenvalue weighted by atomic mass is 16.5. The summed E-state index contributed by atoms with van der Waals surface area (Å²) in [7, 11) is 0.